The van der Waals surface area contributed by atoms with Gasteiger partial charge in [0.1, 0.15) is 12.6 Å². The molecular weight excluding hydrogens is 662 g/mol. The Balaban J connectivity index is 0.00000473. The number of anilines is 1. The van der Waals surface area contributed by atoms with Gasteiger partial charge in [-0.3, -0.25) is 28.9 Å². The molecule has 8 amide bonds. The van der Waals surface area contributed by atoms with Gasteiger partial charge in [-0.25, -0.2) is 9.59 Å². The van der Waals surface area contributed by atoms with Gasteiger partial charge in [-0.15, -0.1) is 0 Å². The molecule has 1 aliphatic rings. The Morgan fingerprint density at radius 3 is 2.10 bits per heavy atom. The Morgan fingerprint density at radius 2 is 1.51 bits per heavy atom. The average Bonchev–Trinajstić information content (AvgIpc) is 3.43. The van der Waals surface area contributed by atoms with Crippen molar-refractivity contribution in [1.82, 2.24) is 31.1 Å². The van der Waals surface area contributed by atoms with Crippen molar-refractivity contribution in [3.8, 4) is 0 Å². The minimum atomic E-state index is -0.974. The molecule has 286 valence electrons. The number of unbranched alkanes of at least 4 members (excludes halogenated alkanes) is 2. The number of nitrogens with zero attached hydrogens (tertiary/aromatic N) is 2. The largest absolute Gasteiger partial charge is 0.445 e. The number of likely N-dealkylation sites (N-methyl/N-ethyl adjacent to an activating group) is 2. The third kappa shape index (κ3) is 20.9. The van der Waals surface area contributed by atoms with Gasteiger partial charge in [-0.2, -0.15) is 0 Å². The van der Waals surface area contributed by atoms with E-state index in [1.165, 1.54) is 30.5 Å². The standard InChI is InChI=1S/C30H44N8O8.C3H8.CH5N/c1-32-16-18-37(2)30(45)46-20-21-9-11-22(12-10-21)35-28(43)23(7-6-15-33-29(31)44)36-25(40)19-34-24(39)8-4-3-5-17-38-26(41)13-14-27(38)42;1-3-2;1-2/h9-14,23,32H,3-8,15-20H2,1-2H3,(H,34,39)(H,35,43)(H,36,40)(H3,31,33,44);3H2,1-2H3;2H2,1H3. The number of rotatable bonds is 20. The van der Waals surface area contributed by atoms with Crippen LogP contribution in [0.3, 0.4) is 0 Å². The van der Waals surface area contributed by atoms with Crippen molar-refractivity contribution in [3.63, 3.8) is 0 Å². The fraction of sp³-hybridized carbons (Fsp3) is 0.559. The van der Waals surface area contributed by atoms with E-state index in [-0.39, 0.29) is 56.8 Å². The van der Waals surface area contributed by atoms with Crippen molar-refractivity contribution in [2.24, 2.45) is 11.5 Å². The first-order valence-electron chi connectivity index (χ1n) is 17.0. The van der Waals surface area contributed by atoms with E-state index in [2.05, 4.69) is 46.2 Å². The van der Waals surface area contributed by atoms with Gasteiger partial charge in [0.15, 0.2) is 0 Å². The van der Waals surface area contributed by atoms with Gasteiger partial charge in [-0.1, -0.05) is 38.8 Å². The number of amides is 8. The molecule has 0 bridgehead atoms. The van der Waals surface area contributed by atoms with Crippen molar-refractivity contribution in [2.45, 2.75) is 71.4 Å². The predicted molar refractivity (Wildman–Crippen MR) is 194 cm³/mol. The molecule has 0 fully saturated rings. The van der Waals surface area contributed by atoms with Crippen molar-refractivity contribution < 1.29 is 38.3 Å². The van der Waals surface area contributed by atoms with Crippen LogP contribution in [0, 0.1) is 0 Å². The highest BCUT2D eigenvalue weighted by molar-refractivity contribution is 6.12. The number of imide groups is 1. The zero-order valence-electron chi connectivity index (χ0n) is 30.5. The zero-order chi connectivity index (χ0) is 38.6. The summed E-state index contributed by atoms with van der Waals surface area (Å²) in [6.45, 7) is 5.55. The van der Waals surface area contributed by atoms with Gasteiger partial charge in [0.05, 0.1) is 6.54 Å². The summed E-state index contributed by atoms with van der Waals surface area (Å²) >= 11 is 0. The van der Waals surface area contributed by atoms with Gasteiger partial charge in [0.2, 0.25) is 17.7 Å². The second kappa shape index (κ2) is 27.8. The SMILES string of the molecule is CCC.CN.CNCCN(C)C(=O)OCc1ccc(NC(=O)C(CCCNC(N)=O)NC(=O)CNC(=O)CCCCCN2C(=O)C=CC2=O)cc1. The number of carbonyl (C=O) groups excluding carboxylic acids is 7. The van der Waals surface area contributed by atoms with E-state index in [9.17, 15) is 33.6 Å². The maximum atomic E-state index is 13.1. The summed E-state index contributed by atoms with van der Waals surface area (Å²) < 4.78 is 5.29. The number of carbonyl (C=O) groups is 7. The van der Waals surface area contributed by atoms with Gasteiger partial charge in [-0.05, 0) is 57.5 Å². The van der Waals surface area contributed by atoms with Crippen LogP contribution < -0.4 is 38.1 Å². The molecule has 0 aliphatic carbocycles. The molecule has 0 radical (unpaired) electrons. The molecular formula is C34H57N9O8. The molecule has 17 heteroatoms. The van der Waals surface area contributed by atoms with Crippen molar-refractivity contribution in [2.75, 3.05) is 59.2 Å². The minimum absolute atomic E-state index is 0.0482. The predicted octanol–water partition coefficient (Wildman–Crippen LogP) is 0.939. The molecule has 9 N–H and O–H groups in total. The zero-order valence-corrected chi connectivity index (χ0v) is 30.5. The topological polar surface area (TPSA) is 247 Å². The average molecular weight is 720 g/mol. The molecule has 0 spiro atoms. The molecule has 1 aliphatic heterocycles. The highest BCUT2D eigenvalue weighted by atomic mass is 16.6. The van der Waals surface area contributed by atoms with Crippen LogP contribution in [-0.2, 0) is 35.3 Å². The van der Waals surface area contributed by atoms with Gasteiger partial charge < -0.3 is 47.7 Å². The minimum Gasteiger partial charge on any atom is -0.445 e. The summed E-state index contributed by atoms with van der Waals surface area (Å²) in [5.74, 6) is -2.13. The lowest BCUT2D eigenvalue weighted by atomic mass is 10.1. The molecule has 1 heterocycles. The van der Waals surface area contributed by atoms with Crippen molar-refractivity contribution >= 4 is 47.3 Å². The number of benzene rings is 1. The van der Waals surface area contributed by atoms with E-state index in [0.29, 0.717) is 50.0 Å². The third-order valence-electron chi connectivity index (χ3n) is 6.85. The first kappa shape index (κ1) is 46.0. The molecule has 17 nitrogen and oxygen atoms in total. The Bertz CT molecular complexity index is 1260. The van der Waals surface area contributed by atoms with Crippen LogP contribution in [0.25, 0.3) is 0 Å². The molecule has 2 rings (SSSR count). The lowest BCUT2D eigenvalue weighted by Crippen LogP contribution is -2.47. The number of hydrogen-bond acceptors (Lipinski definition) is 10. The summed E-state index contributed by atoms with van der Waals surface area (Å²) in [6.07, 6.45) is 5.57. The fourth-order valence-electron chi connectivity index (χ4n) is 4.22. The highest BCUT2D eigenvalue weighted by Gasteiger charge is 2.23. The number of urea groups is 1. The molecule has 0 saturated carbocycles. The summed E-state index contributed by atoms with van der Waals surface area (Å²) in [6, 6.07) is 4.98. The van der Waals surface area contributed by atoms with Gasteiger partial charge in [0.25, 0.3) is 11.8 Å². The van der Waals surface area contributed by atoms with Crippen LogP contribution in [0.15, 0.2) is 36.4 Å². The van der Waals surface area contributed by atoms with Gasteiger partial charge >= 0.3 is 12.1 Å². The number of ether oxygens (including phenoxy) is 1. The van der Waals surface area contributed by atoms with Gasteiger partial charge in [0, 0.05) is 57.5 Å². The summed E-state index contributed by atoms with van der Waals surface area (Å²) in [4.78, 5) is 86.6. The van der Waals surface area contributed by atoms with E-state index >= 15 is 0 Å². The molecule has 1 unspecified atom stereocenters. The van der Waals surface area contributed by atoms with E-state index in [4.69, 9.17) is 10.5 Å². The monoisotopic (exact) mass is 719 g/mol. The van der Waals surface area contributed by atoms with Crippen LogP contribution in [0.5, 0.6) is 0 Å². The number of nitrogens with two attached hydrogens (primary N) is 2. The highest BCUT2D eigenvalue weighted by Crippen LogP contribution is 2.13. The maximum absolute atomic E-state index is 13.1. The maximum Gasteiger partial charge on any atom is 0.409 e. The summed E-state index contributed by atoms with van der Waals surface area (Å²) in [5.41, 5.74) is 10.7. The second-order valence-corrected chi connectivity index (χ2v) is 11.3. The Hall–Kier alpha value is -5.03. The van der Waals surface area contributed by atoms with Crippen LogP contribution >= 0.6 is 0 Å². The lowest BCUT2D eigenvalue weighted by molar-refractivity contribution is -0.137. The quantitative estimate of drug-likeness (QED) is 0.0742. The summed E-state index contributed by atoms with van der Waals surface area (Å²) in [5, 5.41) is 13.3. The molecule has 1 atom stereocenters. The van der Waals surface area contributed by atoms with E-state index in [0.717, 1.165) is 4.90 Å². The molecule has 0 saturated heterocycles. The number of hydrogen-bond donors (Lipinski definition) is 7. The lowest BCUT2D eigenvalue weighted by Gasteiger charge is -2.19. The van der Waals surface area contributed by atoms with Crippen LogP contribution in [-0.4, -0.2) is 111 Å². The van der Waals surface area contributed by atoms with Crippen LogP contribution in [0.4, 0.5) is 15.3 Å². The van der Waals surface area contributed by atoms with Crippen LogP contribution in [0.2, 0.25) is 0 Å². The Kier molecular flexibility index (Phi) is 25.0. The second-order valence-electron chi connectivity index (χ2n) is 11.3. The first-order valence-corrected chi connectivity index (χ1v) is 17.0. The Morgan fingerprint density at radius 1 is 0.882 bits per heavy atom. The smallest absolute Gasteiger partial charge is 0.409 e. The van der Waals surface area contributed by atoms with E-state index in [1.807, 2.05) is 0 Å². The Labute approximate surface area is 300 Å². The fourth-order valence-corrected chi connectivity index (χ4v) is 4.22. The van der Waals surface area contributed by atoms with Crippen molar-refractivity contribution in [3.05, 3.63) is 42.0 Å². The van der Waals surface area contributed by atoms with E-state index in [1.54, 1.807) is 38.4 Å². The number of primary amides is 1. The normalized spacial score (nSPS) is 12.0. The summed E-state index contributed by atoms with van der Waals surface area (Å²) in [7, 11) is 4.93. The molecule has 0 aromatic heterocycles. The van der Waals surface area contributed by atoms with E-state index < -0.39 is 30.0 Å². The first-order chi connectivity index (χ1) is 24.4. The molecule has 1 aromatic carbocycles. The van der Waals surface area contributed by atoms with Crippen LogP contribution in [0.1, 0.15) is 64.4 Å². The molecule has 51 heavy (non-hydrogen) atoms. The molecule has 1 aromatic rings. The van der Waals surface area contributed by atoms with Crippen molar-refractivity contribution in [1.29, 1.82) is 0 Å². The third-order valence-corrected chi connectivity index (χ3v) is 6.85. The number of nitrogens with one attached hydrogen (secondary N) is 5.